The number of nitrogens with one attached hydrogen (secondary N) is 3. The maximum absolute atomic E-state index is 13.6. The van der Waals surface area contributed by atoms with Crippen molar-refractivity contribution < 1.29 is 24.3 Å². The molecular formula is C23H34N4O5S2. The molecule has 1 aliphatic heterocycles. The van der Waals surface area contributed by atoms with Crippen LogP contribution in [-0.2, 0) is 25.6 Å². The zero-order valence-electron chi connectivity index (χ0n) is 19.9. The number of nitrogens with two attached hydrogens (primary N) is 1. The van der Waals surface area contributed by atoms with Crippen molar-refractivity contribution in [2.24, 2.45) is 11.7 Å². The van der Waals surface area contributed by atoms with Gasteiger partial charge in [0, 0.05) is 24.0 Å². The fourth-order valence-electron chi connectivity index (χ4n) is 3.80. The minimum Gasteiger partial charge on any atom is -0.480 e. The van der Waals surface area contributed by atoms with Crippen LogP contribution in [0.5, 0.6) is 0 Å². The monoisotopic (exact) mass is 510 g/mol. The maximum Gasteiger partial charge on any atom is 0.326 e. The first-order valence-electron chi connectivity index (χ1n) is 11.0. The molecule has 1 aliphatic rings. The highest BCUT2D eigenvalue weighted by atomic mass is 32.2. The summed E-state index contributed by atoms with van der Waals surface area (Å²) in [7, 11) is 0. The van der Waals surface area contributed by atoms with E-state index in [1.54, 1.807) is 20.1 Å². The number of carbonyl (C=O) groups is 4. The van der Waals surface area contributed by atoms with Gasteiger partial charge in [-0.05, 0) is 37.7 Å². The second-order valence-corrected chi connectivity index (χ2v) is 11.3. The van der Waals surface area contributed by atoms with Crippen LogP contribution < -0.4 is 21.7 Å². The van der Waals surface area contributed by atoms with Gasteiger partial charge in [-0.25, -0.2) is 4.79 Å². The number of aliphatic carboxylic acids is 1. The molecule has 1 aromatic carbocycles. The summed E-state index contributed by atoms with van der Waals surface area (Å²) in [5.41, 5.74) is 8.07. The smallest absolute Gasteiger partial charge is 0.326 e. The number of carboxylic acids is 1. The quantitative estimate of drug-likeness (QED) is 0.259. The minimum absolute atomic E-state index is 0.205. The Bertz CT molecular complexity index is 911. The number of carboxylic acid groups (broad SMARTS) is 1. The number of rotatable bonds is 12. The summed E-state index contributed by atoms with van der Waals surface area (Å²) in [6.07, 6.45) is 2.57. The van der Waals surface area contributed by atoms with Crippen molar-refractivity contribution >= 4 is 47.1 Å². The van der Waals surface area contributed by atoms with Crippen LogP contribution in [0.3, 0.4) is 0 Å². The van der Waals surface area contributed by atoms with Crippen molar-refractivity contribution in [3.8, 4) is 0 Å². The Morgan fingerprint density at radius 2 is 1.94 bits per heavy atom. The average Bonchev–Trinajstić information content (AvgIpc) is 2.79. The highest BCUT2D eigenvalue weighted by Crippen LogP contribution is 2.29. The van der Waals surface area contributed by atoms with E-state index in [1.807, 2.05) is 24.3 Å². The van der Waals surface area contributed by atoms with Gasteiger partial charge in [0.2, 0.25) is 11.8 Å². The molecule has 0 spiro atoms. The third-order valence-electron chi connectivity index (χ3n) is 5.87. The lowest BCUT2D eigenvalue weighted by Crippen LogP contribution is -2.59. The van der Waals surface area contributed by atoms with Gasteiger partial charge in [-0.15, -0.1) is 11.8 Å². The second-order valence-electron chi connectivity index (χ2n) is 8.73. The van der Waals surface area contributed by atoms with Gasteiger partial charge < -0.3 is 26.8 Å². The van der Waals surface area contributed by atoms with Crippen LogP contribution in [0.15, 0.2) is 24.3 Å². The summed E-state index contributed by atoms with van der Waals surface area (Å²) in [5.74, 6) is -2.91. The molecule has 0 saturated carbocycles. The molecule has 1 unspecified atom stereocenters. The van der Waals surface area contributed by atoms with Gasteiger partial charge in [0.15, 0.2) is 5.78 Å². The number of hydrogen-bond donors (Lipinski definition) is 5. The van der Waals surface area contributed by atoms with Crippen molar-refractivity contribution in [3.05, 3.63) is 35.4 Å². The third kappa shape index (κ3) is 7.21. The summed E-state index contributed by atoms with van der Waals surface area (Å²) in [5, 5.41) is 18.3. The molecule has 0 fully saturated rings. The molecule has 1 heterocycles. The first kappa shape index (κ1) is 28.2. The number of carbonyl (C=O) groups excluding carboxylic acids is 3. The van der Waals surface area contributed by atoms with Crippen LogP contribution >= 0.6 is 23.5 Å². The van der Waals surface area contributed by atoms with Gasteiger partial charge in [-0.2, -0.15) is 11.8 Å². The van der Waals surface area contributed by atoms with Crippen molar-refractivity contribution in [3.63, 3.8) is 0 Å². The van der Waals surface area contributed by atoms with E-state index in [4.69, 9.17) is 5.73 Å². The first-order chi connectivity index (χ1) is 16.0. The predicted octanol–water partition coefficient (Wildman–Crippen LogP) is 0.924. The molecule has 0 aliphatic carbocycles. The standard InChI is InChI=1S/C23H34N4O5S2/c1-13(28)26-12-34-23(2,3)20(24)21(30)27-18(22(31)32)16(11-33-4)19(29)17-15-8-6-5-7-14(15)9-10-25-17/h5-8,16-18,20,25H,9-12,24H2,1-4H3,(H,26,28)(H,27,30)(H,31,32)/t16-,17?,18-,20+/m0/s1. The Hall–Kier alpha value is -2.08. The number of amides is 2. The molecule has 0 radical (unpaired) electrons. The van der Waals surface area contributed by atoms with E-state index in [1.165, 1.54) is 30.4 Å². The minimum atomic E-state index is -1.43. The average molecular weight is 511 g/mol. The van der Waals surface area contributed by atoms with Gasteiger partial charge in [0.25, 0.3) is 0 Å². The molecule has 34 heavy (non-hydrogen) atoms. The van der Waals surface area contributed by atoms with Crippen molar-refractivity contribution in [1.29, 1.82) is 0 Å². The van der Waals surface area contributed by atoms with Crippen LogP contribution in [0, 0.1) is 5.92 Å². The van der Waals surface area contributed by atoms with Crippen LogP contribution in [0.25, 0.3) is 0 Å². The predicted molar refractivity (Wildman–Crippen MR) is 136 cm³/mol. The summed E-state index contributed by atoms with van der Waals surface area (Å²) >= 11 is 2.62. The zero-order valence-corrected chi connectivity index (χ0v) is 21.6. The fourth-order valence-corrected chi connectivity index (χ4v) is 5.45. The molecule has 1 aromatic rings. The normalized spacial score (nSPS) is 18.2. The van der Waals surface area contributed by atoms with E-state index in [-0.39, 0.29) is 23.3 Å². The molecule has 188 valence electrons. The molecule has 0 saturated heterocycles. The highest BCUT2D eigenvalue weighted by molar-refractivity contribution is 8.00. The highest BCUT2D eigenvalue weighted by Gasteiger charge is 2.41. The van der Waals surface area contributed by atoms with Crippen LogP contribution in [0.2, 0.25) is 0 Å². The molecule has 9 nitrogen and oxygen atoms in total. The first-order valence-corrected chi connectivity index (χ1v) is 13.4. The molecule has 0 aromatic heterocycles. The molecule has 6 N–H and O–H groups in total. The Morgan fingerprint density at radius 3 is 2.56 bits per heavy atom. The van der Waals surface area contributed by atoms with Gasteiger partial charge in [0.1, 0.15) is 6.04 Å². The summed E-state index contributed by atoms with van der Waals surface area (Å²) in [6.45, 7) is 5.48. The fraction of sp³-hybridized carbons (Fsp3) is 0.565. The molecule has 0 bridgehead atoms. The van der Waals surface area contributed by atoms with Crippen molar-refractivity contribution in [1.82, 2.24) is 16.0 Å². The second kappa shape index (κ2) is 12.6. The number of ketones is 1. The molecule has 4 atom stereocenters. The summed E-state index contributed by atoms with van der Waals surface area (Å²) in [4.78, 5) is 49.9. The van der Waals surface area contributed by atoms with E-state index in [0.29, 0.717) is 6.54 Å². The largest absolute Gasteiger partial charge is 0.480 e. The number of benzene rings is 1. The van der Waals surface area contributed by atoms with E-state index in [0.717, 1.165) is 17.5 Å². The van der Waals surface area contributed by atoms with Crippen molar-refractivity contribution in [2.45, 2.75) is 50.1 Å². The van der Waals surface area contributed by atoms with Gasteiger partial charge >= 0.3 is 5.97 Å². The topological polar surface area (TPSA) is 151 Å². The van der Waals surface area contributed by atoms with E-state index in [9.17, 15) is 24.3 Å². The maximum atomic E-state index is 13.6. The van der Waals surface area contributed by atoms with Gasteiger partial charge in [-0.1, -0.05) is 24.3 Å². The van der Waals surface area contributed by atoms with Gasteiger partial charge in [-0.3, -0.25) is 14.4 Å². The van der Waals surface area contributed by atoms with E-state index < -0.39 is 40.7 Å². The number of fused-ring (bicyclic) bond motifs is 1. The molecular weight excluding hydrogens is 476 g/mol. The molecule has 2 amide bonds. The summed E-state index contributed by atoms with van der Waals surface area (Å²) in [6, 6.07) is 4.48. The van der Waals surface area contributed by atoms with E-state index in [2.05, 4.69) is 16.0 Å². The summed E-state index contributed by atoms with van der Waals surface area (Å²) < 4.78 is -0.793. The SMILES string of the molecule is CSC[C@H](C(=O)C1NCCc2ccccc21)[C@H](NC(=O)[C@@H](N)C(C)(C)SCNC(C)=O)C(=O)O. The Labute approximate surface area is 208 Å². The zero-order chi connectivity index (χ0) is 25.5. The van der Waals surface area contributed by atoms with Crippen LogP contribution in [0.1, 0.15) is 37.9 Å². The molecule has 11 heteroatoms. The third-order valence-corrected chi connectivity index (χ3v) is 7.85. The van der Waals surface area contributed by atoms with Crippen molar-refractivity contribution in [2.75, 3.05) is 24.4 Å². The lowest BCUT2D eigenvalue weighted by atomic mass is 9.84. The lowest BCUT2D eigenvalue weighted by Gasteiger charge is -2.33. The molecule has 2 rings (SSSR count). The van der Waals surface area contributed by atoms with E-state index >= 15 is 0 Å². The van der Waals surface area contributed by atoms with Crippen LogP contribution in [0.4, 0.5) is 0 Å². The van der Waals surface area contributed by atoms with Crippen LogP contribution in [-0.4, -0.2) is 69.9 Å². The number of Topliss-reactive ketones (excluding diaryl/α,β-unsaturated/α-hetero) is 1. The Balaban J connectivity index is 2.21. The lowest BCUT2D eigenvalue weighted by molar-refractivity contribution is -0.146. The number of hydrogen-bond acceptors (Lipinski definition) is 8. The Morgan fingerprint density at radius 1 is 1.26 bits per heavy atom. The Kier molecular flexibility index (Phi) is 10.4. The number of thioether (sulfide) groups is 2. The van der Waals surface area contributed by atoms with Gasteiger partial charge in [0.05, 0.1) is 23.9 Å².